The molecular weight excluding hydrogens is 376 g/mol. The molecule has 0 saturated carbocycles. The van der Waals surface area contributed by atoms with Crippen LogP contribution in [0.3, 0.4) is 0 Å². The summed E-state index contributed by atoms with van der Waals surface area (Å²) in [7, 11) is 0. The highest BCUT2D eigenvalue weighted by Crippen LogP contribution is 2.33. The number of carbonyl (C=O) groups is 1. The number of benzene rings is 3. The Labute approximate surface area is 174 Å². The van der Waals surface area contributed by atoms with E-state index in [1.54, 1.807) is 48.5 Å². The van der Waals surface area contributed by atoms with Crippen molar-refractivity contribution in [2.75, 3.05) is 0 Å². The third kappa shape index (κ3) is 3.77. The summed E-state index contributed by atoms with van der Waals surface area (Å²) < 4.78 is 11.6. The van der Waals surface area contributed by atoms with Crippen LogP contribution in [0.5, 0.6) is 5.75 Å². The minimum Gasteiger partial charge on any atom is -0.452 e. The SMILES string of the molecule is CC(C)(C)c1ccc(-c2oc3ccccc3c(=O)c2OC(=O)c2ccccc2)cc1. The van der Waals surface area contributed by atoms with Crippen molar-refractivity contribution in [1.82, 2.24) is 0 Å². The number of hydrogen-bond acceptors (Lipinski definition) is 4. The fourth-order valence-corrected chi connectivity index (χ4v) is 3.26. The van der Waals surface area contributed by atoms with Gasteiger partial charge in [-0.15, -0.1) is 0 Å². The Balaban J connectivity index is 1.86. The molecule has 0 atom stereocenters. The molecule has 150 valence electrons. The van der Waals surface area contributed by atoms with Crippen molar-refractivity contribution < 1.29 is 13.9 Å². The highest BCUT2D eigenvalue weighted by Gasteiger charge is 2.22. The molecule has 0 aliphatic carbocycles. The summed E-state index contributed by atoms with van der Waals surface area (Å²) in [6.45, 7) is 6.39. The fourth-order valence-electron chi connectivity index (χ4n) is 3.26. The molecule has 0 amide bonds. The van der Waals surface area contributed by atoms with E-state index in [1.165, 1.54) is 0 Å². The lowest BCUT2D eigenvalue weighted by molar-refractivity contribution is 0.0731. The smallest absolute Gasteiger partial charge is 0.343 e. The first-order valence-corrected chi connectivity index (χ1v) is 9.78. The van der Waals surface area contributed by atoms with E-state index in [1.807, 2.05) is 30.3 Å². The molecule has 0 N–H and O–H groups in total. The van der Waals surface area contributed by atoms with Crippen molar-refractivity contribution in [3.8, 4) is 17.1 Å². The van der Waals surface area contributed by atoms with Crippen LogP contribution in [-0.4, -0.2) is 5.97 Å². The standard InChI is InChI=1S/C26H22O4/c1-26(2,3)19-15-13-17(14-16-19)23-24(30-25(28)18-9-5-4-6-10-18)22(27)20-11-7-8-12-21(20)29-23/h4-16H,1-3H3. The number of ether oxygens (including phenoxy) is 1. The van der Waals surface area contributed by atoms with Crippen molar-refractivity contribution in [1.29, 1.82) is 0 Å². The second kappa shape index (κ2) is 7.64. The second-order valence-electron chi connectivity index (χ2n) is 8.17. The summed E-state index contributed by atoms with van der Waals surface area (Å²) in [5.41, 5.74) is 2.23. The highest BCUT2D eigenvalue weighted by atomic mass is 16.5. The molecule has 4 rings (SSSR count). The molecule has 0 unspecified atom stereocenters. The van der Waals surface area contributed by atoms with Gasteiger partial charge in [-0.3, -0.25) is 4.79 Å². The van der Waals surface area contributed by atoms with Crippen molar-refractivity contribution in [3.63, 3.8) is 0 Å². The minimum absolute atomic E-state index is 0.00857. The molecule has 4 aromatic rings. The van der Waals surface area contributed by atoms with Crippen LogP contribution in [-0.2, 0) is 5.41 Å². The Hall–Kier alpha value is -3.66. The molecule has 0 radical (unpaired) electrons. The van der Waals surface area contributed by atoms with Crippen molar-refractivity contribution in [2.24, 2.45) is 0 Å². The Morgan fingerprint density at radius 3 is 2.13 bits per heavy atom. The number of fused-ring (bicyclic) bond motifs is 1. The van der Waals surface area contributed by atoms with E-state index in [0.29, 0.717) is 22.1 Å². The summed E-state index contributed by atoms with van der Waals surface area (Å²) in [6.07, 6.45) is 0. The van der Waals surface area contributed by atoms with E-state index in [0.717, 1.165) is 5.56 Å². The third-order valence-corrected chi connectivity index (χ3v) is 4.97. The van der Waals surface area contributed by atoms with Crippen LogP contribution in [0.1, 0.15) is 36.7 Å². The zero-order valence-corrected chi connectivity index (χ0v) is 17.1. The number of para-hydroxylation sites is 1. The van der Waals surface area contributed by atoms with Crippen LogP contribution in [0.25, 0.3) is 22.3 Å². The van der Waals surface area contributed by atoms with E-state index in [-0.39, 0.29) is 22.4 Å². The quantitative estimate of drug-likeness (QED) is 0.399. The molecule has 3 aromatic carbocycles. The van der Waals surface area contributed by atoms with Crippen LogP contribution in [0, 0.1) is 0 Å². The first-order chi connectivity index (χ1) is 14.3. The zero-order chi connectivity index (χ0) is 21.3. The molecule has 0 spiro atoms. The van der Waals surface area contributed by atoms with Gasteiger partial charge in [-0.05, 0) is 35.2 Å². The van der Waals surface area contributed by atoms with Crippen LogP contribution < -0.4 is 10.2 Å². The van der Waals surface area contributed by atoms with Crippen LogP contribution in [0.2, 0.25) is 0 Å². The molecule has 30 heavy (non-hydrogen) atoms. The van der Waals surface area contributed by atoms with Gasteiger partial charge in [0.25, 0.3) is 0 Å². The maximum absolute atomic E-state index is 13.2. The number of esters is 1. The highest BCUT2D eigenvalue weighted by molar-refractivity contribution is 5.92. The lowest BCUT2D eigenvalue weighted by atomic mass is 9.86. The van der Waals surface area contributed by atoms with Gasteiger partial charge >= 0.3 is 5.97 Å². The maximum atomic E-state index is 13.2. The lowest BCUT2D eigenvalue weighted by Crippen LogP contribution is -2.16. The summed E-state index contributed by atoms with van der Waals surface area (Å²) in [5, 5.41) is 0.364. The molecule has 0 aliphatic heterocycles. The van der Waals surface area contributed by atoms with Crippen LogP contribution in [0.4, 0.5) is 0 Å². The normalized spacial score (nSPS) is 11.4. The molecular formula is C26H22O4. The first kappa shape index (κ1) is 19.6. The number of rotatable bonds is 3. The summed E-state index contributed by atoms with van der Waals surface area (Å²) >= 11 is 0. The van der Waals surface area contributed by atoms with Gasteiger partial charge in [0.15, 0.2) is 5.76 Å². The van der Waals surface area contributed by atoms with Gasteiger partial charge in [0, 0.05) is 5.56 Å². The molecule has 1 aromatic heterocycles. The molecule has 0 saturated heterocycles. The Morgan fingerprint density at radius 2 is 1.47 bits per heavy atom. The molecule has 0 fully saturated rings. The predicted octanol–water partition coefficient (Wildman–Crippen LogP) is 5.98. The number of hydrogen-bond donors (Lipinski definition) is 0. The first-order valence-electron chi connectivity index (χ1n) is 9.78. The van der Waals surface area contributed by atoms with E-state index in [9.17, 15) is 9.59 Å². The van der Waals surface area contributed by atoms with Gasteiger partial charge in [0.1, 0.15) is 5.58 Å². The van der Waals surface area contributed by atoms with Crippen molar-refractivity contribution >= 4 is 16.9 Å². The summed E-state index contributed by atoms with van der Waals surface area (Å²) in [5.74, 6) is -0.472. The Bertz CT molecular complexity index is 1260. The minimum atomic E-state index is -0.606. The van der Waals surface area contributed by atoms with Crippen LogP contribution >= 0.6 is 0 Å². The fraction of sp³-hybridized carbons (Fsp3) is 0.154. The van der Waals surface area contributed by atoms with Gasteiger partial charge in [0.05, 0.1) is 10.9 Å². The van der Waals surface area contributed by atoms with Gasteiger partial charge < -0.3 is 9.15 Å². The average molecular weight is 398 g/mol. The van der Waals surface area contributed by atoms with Gasteiger partial charge in [-0.2, -0.15) is 0 Å². The zero-order valence-electron chi connectivity index (χ0n) is 17.1. The predicted molar refractivity (Wildman–Crippen MR) is 118 cm³/mol. The molecule has 4 nitrogen and oxygen atoms in total. The number of carbonyl (C=O) groups excluding carboxylic acids is 1. The third-order valence-electron chi connectivity index (χ3n) is 4.97. The topological polar surface area (TPSA) is 56.5 Å². The van der Waals surface area contributed by atoms with E-state index in [2.05, 4.69) is 20.8 Å². The molecule has 1 heterocycles. The van der Waals surface area contributed by atoms with Gasteiger partial charge in [-0.1, -0.05) is 75.4 Å². The van der Waals surface area contributed by atoms with Crippen LogP contribution in [0.15, 0.2) is 88.1 Å². The van der Waals surface area contributed by atoms with Crippen molar-refractivity contribution in [3.05, 3.63) is 100 Å². The summed E-state index contributed by atoms with van der Waals surface area (Å²) in [4.78, 5) is 25.8. The second-order valence-corrected chi connectivity index (χ2v) is 8.17. The monoisotopic (exact) mass is 398 g/mol. The maximum Gasteiger partial charge on any atom is 0.343 e. The van der Waals surface area contributed by atoms with E-state index in [4.69, 9.17) is 9.15 Å². The van der Waals surface area contributed by atoms with Gasteiger partial charge in [-0.25, -0.2) is 4.79 Å². The van der Waals surface area contributed by atoms with E-state index < -0.39 is 5.97 Å². The largest absolute Gasteiger partial charge is 0.452 e. The average Bonchev–Trinajstić information content (AvgIpc) is 2.75. The molecule has 0 aliphatic rings. The Kier molecular flexibility index (Phi) is 5.00. The van der Waals surface area contributed by atoms with E-state index >= 15 is 0 Å². The molecule has 4 heteroatoms. The molecule has 0 bridgehead atoms. The lowest BCUT2D eigenvalue weighted by Gasteiger charge is -2.19. The Morgan fingerprint density at radius 1 is 0.833 bits per heavy atom. The van der Waals surface area contributed by atoms with Gasteiger partial charge in [0.2, 0.25) is 11.2 Å². The summed E-state index contributed by atoms with van der Waals surface area (Å²) in [6, 6.07) is 23.3. The van der Waals surface area contributed by atoms with Crippen molar-refractivity contribution in [2.45, 2.75) is 26.2 Å².